The maximum Gasteiger partial charge on any atom is 0.416 e. The number of rotatable bonds is 5. The Bertz CT molecular complexity index is 1350. The van der Waals surface area contributed by atoms with Gasteiger partial charge in [0.15, 0.2) is 0 Å². The Balaban J connectivity index is 1.57. The van der Waals surface area contributed by atoms with Crippen LogP contribution in [0, 0.1) is 0 Å². The van der Waals surface area contributed by atoms with Crippen molar-refractivity contribution in [1.29, 1.82) is 0 Å². The predicted molar refractivity (Wildman–Crippen MR) is 117 cm³/mol. The average molecular weight is 458 g/mol. The molecule has 10 heteroatoms. The van der Waals surface area contributed by atoms with Crippen LogP contribution in [0.5, 0.6) is 0 Å². The van der Waals surface area contributed by atoms with Crippen molar-refractivity contribution in [2.75, 3.05) is 12.4 Å². The third kappa shape index (κ3) is 4.50. The Morgan fingerprint density at radius 1 is 1.16 bits per heavy atom. The lowest BCUT2D eigenvalue weighted by molar-refractivity contribution is -0.137. The molecule has 6 nitrogen and oxygen atoms in total. The van der Waals surface area contributed by atoms with Gasteiger partial charge in [0.25, 0.3) is 11.5 Å². The van der Waals surface area contributed by atoms with Crippen LogP contribution >= 0.6 is 11.3 Å². The number of amides is 1. The summed E-state index contributed by atoms with van der Waals surface area (Å²) >= 11 is 1.28. The summed E-state index contributed by atoms with van der Waals surface area (Å²) in [6.07, 6.45) is -4.47. The number of aromatic amines is 1. The molecule has 0 saturated carbocycles. The largest absolute Gasteiger partial charge is 0.416 e. The van der Waals surface area contributed by atoms with E-state index in [1.807, 2.05) is 0 Å². The predicted octanol–water partition coefficient (Wildman–Crippen LogP) is 5.02. The number of aromatic nitrogens is 2. The Morgan fingerprint density at radius 3 is 2.72 bits per heavy atom. The molecule has 0 aliphatic heterocycles. The lowest BCUT2D eigenvalue weighted by Gasteiger charge is -2.19. The molecule has 2 heterocycles. The topological polar surface area (TPSA) is 78.1 Å². The van der Waals surface area contributed by atoms with E-state index in [2.05, 4.69) is 15.3 Å². The summed E-state index contributed by atoms with van der Waals surface area (Å²) in [5.41, 5.74) is 0.331. The summed E-state index contributed by atoms with van der Waals surface area (Å²) in [6, 6.07) is 13.0. The molecule has 0 fully saturated rings. The second kappa shape index (κ2) is 8.46. The van der Waals surface area contributed by atoms with Gasteiger partial charge in [0, 0.05) is 12.7 Å². The van der Waals surface area contributed by atoms with E-state index in [0.29, 0.717) is 21.7 Å². The highest BCUT2D eigenvalue weighted by Gasteiger charge is 2.30. The normalized spacial score (nSPS) is 11.5. The first-order chi connectivity index (χ1) is 15.2. The Kier molecular flexibility index (Phi) is 5.70. The van der Waals surface area contributed by atoms with Gasteiger partial charge in [0.05, 0.1) is 28.9 Å². The maximum absolute atomic E-state index is 13.1. The summed E-state index contributed by atoms with van der Waals surface area (Å²) in [5, 5.41) is 4.66. The Hall–Kier alpha value is -3.66. The number of hydrogen-bond acceptors (Lipinski definition) is 5. The standard InChI is InChI=1S/C22H17F3N4O2S/c1-29(12-18-27-17-9-10-32-19(17)20(30)28-18)21(31)15-7-2-3-8-16(15)26-14-6-4-5-13(11-14)22(23,24)25/h2-11,26H,12H2,1H3,(H,27,28,30). The van der Waals surface area contributed by atoms with Gasteiger partial charge in [-0.3, -0.25) is 9.59 Å². The molecule has 2 N–H and O–H groups in total. The molecular formula is C22H17F3N4O2S. The number of hydrogen-bond donors (Lipinski definition) is 2. The van der Waals surface area contributed by atoms with Gasteiger partial charge in [0.1, 0.15) is 10.5 Å². The summed E-state index contributed by atoms with van der Waals surface area (Å²) in [6.45, 7) is 0.0533. The van der Waals surface area contributed by atoms with Crippen molar-refractivity contribution in [1.82, 2.24) is 14.9 Å². The first kappa shape index (κ1) is 21.6. The first-order valence-electron chi connectivity index (χ1n) is 9.47. The summed E-state index contributed by atoms with van der Waals surface area (Å²) in [4.78, 5) is 33.7. The van der Waals surface area contributed by atoms with Gasteiger partial charge >= 0.3 is 6.18 Å². The monoisotopic (exact) mass is 458 g/mol. The minimum Gasteiger partial charge on any atom is -0.355 e. The van der Waals surface area contributed by atoms with Gasteiger partial charge in [-0.1, -0.05) is 18.2 Å². The number of nitrogens with one attached hydrogen (secondary N) is 2. The molecule has 4 aromatic rings. The summed E-state index contributed by atoms with van der Waals surface area (Å²) in [7, 11) is 1.56. The Labute approximate surface area is 184 Å². The summed E-state index contributed by atoms with van der Waals surface area (Å²) < 4.78 is 39.6. The van der Waals surface area contributed by atoms with Crippen molar-refractivity contribution in [3.05, 3.63) is 87.3 Å². The highest BCUT2D eigenvalue weighted by molar-refractivity contribution is 7.17. The SMILES string of the molecule is CN(Cc1nc2ccsc2c(=O)[nH]1)C(=O)c1ccccc1Nc1cccc(C(F)(F)F)c1. The molecule has 0 aliphatic carbocycles. The van der Waals surface area contributed by atoms with Crippen LogP contribution < -0.4 is 10.9 Å². The minimum absolute atomic E-state index is 0.0533. The van der Waals surface area contributed by atoms with Crippen LogP contribution in [-0.2, 0) is 12.7 Å². The molecule has 0 saturated heterocycles. The third-order valence-corrected chi connectivity index (χ3v) is 5.63. The number of nitrogens with zero attached hydrogens (tertiary/aromatic N) is 2. The molecule has 0 spiro atoms. The molecule has 0 radical (unpaired) electrons. The molecule has 2 aromatic carbocycles. The molecule has 0 atom stereocenters. The molecular weight excluding hydrogens is 441 g/mol. The van der Waals surface area contributed by atoms with Crippen LogP contribution in [0.25, 0.3) is 10.2 Å². The number of para-hydroxylation sites is 1. The van der Waals surface area contributed by atoms with Crippen molar-refractivity contribution in [2.45, 2.75) is 12.7 Å². The lowest BCUT2D eigenvalue weighted by Crippen LogP contribution is -2.28. The van der Waals surface area contributed by atoms with Crippen molar-refractivity contribution < 1.29 is 18.0 Å². The van der Waals surface area contributed by atoms with Crippen molar-refractivity contribution in [3.8, 4) is 0 Å². The molecule has 0 unspecified atom stereocenters. The van der Waals surface area contributed by atoms with Crippen LogP contribution in [0.4, 0.5) is 24.5 Å². The smallest absolute Gasteiger partial charge is 0.355 e. The van der Waals surface area contributed by atoms with Crippen LogP contribution in [-0.4, -0.2) is 27.8 Å². The van der Waals surface area contributed by atoms with E-state index in [-0.39, 0.29) is 29.3 Å². The van der Waals surface area contributed by atoms with E-state index >= 15 is 0 Å². The second-order valence-corrected chi connectivity index (χ2v) is 7.97. The lowest BCUT2D eigenvalue weighted by atomic mass is 10.1. The number of benzene rings is 2. The van der Waals surface area contributed by atoms with E-state index in [9.17, 15) is 22.8 Å². The zero-order valence-electron chi connectivity index (χ0n) is 16.7. The maximum atomic E-state index is 13.1. The van der Waals surface area contributed by atoms with E-state index in [0.717, 1.165) is 12.1 Å². The van der Waals surface area contributed by atoms with E-state index in [1.54, 1.807) is 42.8 Å². The van der Waals surface area contributed by atoms with Gasteiger partial charge < -0.3 is 15.2 Å². The Morgan fingerprint density at radius 2 is 1.94 bits per heavy atom. The van der Waals surface area contributed by atoms with Crippen LogP contribution in [0.15, 0.2) is 64.8 Å². The van der Waals surface area contributed by atoms with Crippen LogP contribution in [0.2, 0.25) is 0 Å². The number of carbonyl (C=O) groups is 1. The zero-order valence-corrected chi connectivity index (χ0v) is 17.6. The number of halogens is 3. The quantitative estimate of drug-likeness (QED) is 0.440. The zero-order chi connectivity index (χ0) is 22.9. The molecule has 4 rings (SSSR count). The van der Waals surface area contributed by atoms with Gasteiger partial charge in [-0.2, -0.15) is 13.2 Å². The number of alkyl halides is 3. The van der Waals surface area contributed by atoms with Gasteiger partial charge in [0.2, 0.25) is 0 Å². The number of fused-ring (bicyclic) bond motifs is 1. The van der Waals surface area contributed by atoms with Gasteiger partial charge in [-0.15, -0.1) is 11.3 Å². The van der Waals surface area contributed by atoms with E-state index in [1.165, 1.54) is 28.4 Å². The highest BCUT2D eigenvalue weighted by Crippen LogP contribution is 2.32. The van der Waals surface area contributed by atoms with Crippen LogP contribution in [0.3, 0.4) is 0 Å². The summed E-state index contributed by atoms with van der Waals surface area (Å²) in [5.74, 6) is -0.0480. The number of carbonyl (C=O) groups excluding carboxylic acids is 1. The number of H-pyrrole nitrogens is 1. The van der Waals surface area contributed by atoms with E-state index < -0.39 is 11.7 Å². The minimum atomic E-state index is -4.47. The fourth-order valence-electron chi connectivity index (χ4n) is 3.21. The molecule has 1 amide bonds. The van der Waals surface area contributed by atoms with Gasteiger partial charge in [-0.25, -0.2) is 4.98 Å². The second-order valence-electron chi connectivity index (χ2n) is 7.06. The van der Waals surface area contributed by atoms with Gasteiger partial charge in [-0.05, 0) is 41.8 Å². The molecule has 2 aromatic heterocycles. The molecule has 0 bridgehead atoms. The number of thiophene rings is 1. The molecule has 32 heavy (non-hydrogen) atoms. The fourth-order valence-corrected chi connectivity index (χ4v) is 3.93. The molecule has 164 valence electrons. The van der Waals surface area contributed by atoms with Crippen LogP contribution in [0.1, 0.15) is 21.7 Å². The van der Waals surface area contributed by atoms with E-state index in [4.69, 9.17) is 0 Å². The fraction of sp³-hybridized carbons (Fsp3) is 0.136. The number of anilines is 2. The third-order valence-electron chi connectivity index (χ3n) is 4.72. The average Bonchev–Trinajstić information content (AvgIpc) is 3.22. The van der Waals surface area contributed by atoms with Crippen molar-refractivity contribution in [3.63, 3.8) is 0 Å². The highest BCUT2D eigenvalue weighted by atomic mass is 32.1. The first-order valence-corrected chi connectivity index (χ1v) is 10.4. The van der Waals surface area contributed by atoms with Crippen molar-refractivity contribution in [2.24, 2.45) is 0 Å². The van der Waals surface area contributed by atoms with Crippen molar-refractivity contribution >= 4 is 38.8 Å². The molecule has 0 aliphatic rings.